The van der Waals surface area contributed by atoms with Gasteiger partial charge in [-0.2, -0.15) is 0 Å². The van der Waals surface area contributed by atoms with E-state index in [4.69, 9.17) is 4.74 Å². The first kappa shape index (κ1) is 22.4. The number of fused-ring (bicyclic) bond motifs is 2. The zero-order valence-electron chi connectivity index (χ0n) is 18.4. The highest BCUT2D eigenvalue weighted by Gasteiger charge is 2.80. The van der Waals surface area contributed by atoms with Gasteiger partial charge in [0.15, 0.2) is 6.10 Å². The van der Waals surface area contributed by atoms with Crippen LogP contribution in [0.5, 0.6) is 0 Å². The maximum atomic E-state index is 12.1. The quantitative estimate of drug-likeness (QED) is 0.312. The van der Waals surface area contributed by atoms with Crippen molar-refractivity contribution in [3.63, 3.8) is 0 Å². The van der Waals surface area contributed by atoms with Crippen molar-refractivity contribution in [1.29, 1.82) is 0 Å². The third-order valence-electron chi connectivity index (χ3n) is 9.54. The predicted octanol–water partition coefficient (Wildman–Crippen LogP) is -0.290. The van der Waals surface area contributed by atoms with Crippen LogP contribution in [0.4, 0.5) is 0 Å². The summed E-state index contributed by atoms with van der Waals surface area (Å²) < 4.78 is 5.53. The first-order chi connectivity index (χ1) is 13.5. The van der Waals surface area contributed by atoms with Crippen molar-refractivity contribution in [1.82, 2.24) is 0 Å². The van der Waals surface area contributed by atoms with Crippen molar-refractivity contribution in [3.05, 3.63) is 0 Å². The average molecular weight is 429 g/mol. The number of hydrogen-bond donors (Lipinski definition) is 6. The number of hydrogen-bond acceptors (Lipinski definition) is 8. The maximum absolute atomic E-state index is 12.1. The minimum absolute atomic E-state index is 0.0896. The highest BCUT2D eigenvalue weighted by Crippen LogP contribution is 2.70. The Labute approximate surface area is 176 Å². The van der Waals surface area contributed by atoms with Gasteiger partial charge in [-0.25, -0.2) is 0 Å². The van der Waals surface area contributed by atoms with Crippen molar-refractivity contribution in [3.8, 4) is 0 Å². The molecular formula is C22H36O8. The Bertz CT molecular complexity index is 747. The summed E-state index contributed by atoms with van der Waals surface area (Å²) in [6.07, 6.45) is -4.04. The number of ether oxygens (including phenoxy) is 1. The Morgan fingerprint density at radius 1 is 0.967 bits per heavy atom. The Balaban J connectivity index is 1.99. The molecule has 4 saturated carbocycles. The van der Waals surface area contributed by atoms with Gasteiger partial charge in [-0.3, -0.25) is 4.79 Å². The Morgan fingerprint density at radius 3 is 2.13 bits per heavy atom. The second-order valence-electron chi connectivity index (χ2n) is 11.5. The van der Waals surface area contributed by atoms with Crippen molar-refractivity contribution in [2.24, 2.45) is 28.6 Å². The molecule has 8 heteroatoms. The van der Waals surface area contributed by atoms with E-state index in [0.717, 1.165) is 0 Å². The molecule has 0 amide bonds. The van der Waals surface area contributed by atoms with Crippen molar-refractivity contribution in [2.75, 3.05) is 0 Å². The molecule has 11 unspecified atom stereocenters. The zero-order valence-corrected chi connectivity index (χ0v) is 18.4. The Hall–Kier alpha value is -0.770. The van der Waals surface area contributed by atoms with E-state index in [0.29, 0.717) is 19.3 Å². The third kappa shape index (κ3) is 2.41. The summed E-state index contributed by atoms with van der Waals surface area (Å²) >= 11 is 0. The van der Waals surface area contributed by atoms with E-state index < -0.39 is 69.9 Å². The largest absolute Gasteiger partial charge is 0.457 e. The van der Waals surface area contributed by atoms with Gasteiger partial charge in [0.2, 0.25) is 0 Å². The molecule has 0 aromatic carbocycles. The minimum Gasteiger partial charge on any atom is -0.457 e. The molecule has 0 aromatic rings. The maximum Gasteiger partial charge on any atom is 0.303 e. The van der Waals surface area contributed by atoms with Crippen LogP contribution in [0.25, 0.3) is 0 Å². The van der Waals surface area contributed by atoms with Crippen molar-refractivity contribution < 1.29 is 40.2 Å². The Kier molecular flexibility index (Phi) is 4.61. The van der Waals surface area contributed by atoms with Gasteiger partial charge < -0.3 is 35.4 Å². The zero-order chi connectivity index (χ0) is 22.7. The third-order valence-corrected chi connectivity index (χ3v) is 9.54. The van der Waals surface area contributed by atoms with Gasteiger partial charge in [0, 0.05) is 23.7 Å². The standard InChI is InChI=1S/C22H36O8/c1-10(23)30-17-16(26)21-8-11(19(4,27)9-21)6-7-12(21)20(5,28)14-13(24)15(25)18(2,3)22(14,17)29/h11-17,24-29H,6-9H2,1-5H3. The van der Waals surface area contributed by atoms with E-state index in [1.807, 2.05) is 0 Å². The van der Waals surface area contributed by atoms with Gasteiger partial charge in [0.25, 0.3) is 0 Å². The van der Waals surface area contributed by atoms with E-state index in [1.54, 1.807) is 20.8 Å². The van der Waals surface area contributed by atoms with Crippen molar-refractivity contribution in [2.45, 2.75) is 102 Å². The van der Waals surface area contributed by atoms with E-state index in [1.165, 1.54) is 13.8 Å². The molecule has 0 heterocycles. The van der Waals surface area contributed by atoms with E-state index in [2.05, 4.69) is 0 Å². The summed E-state index contributed by atoms with van der Waals surface area (Å²) in [7, 11) is 0. The van der Waals surface area contributed by atoms with Gasteiger partial charge in [-0.15, -0.1) is 0 Å². The molecule has 2 bridgehead atoms. The molecule has 1 spiro atoms. The summed E-state index contributed by atoms with van der Waals surface area (Å²) in [4.78, 5) is 12.0. The molecule has 8 nitrogen and oxygen atoms in total. The van der Waals surface area contributed by atoms with Crippen LogP contribution in [-0.4, -0.2) is 77.8 Å². The SMILES string of the molecule is CC(=O)OC1C(O)C23CC(CCC2C(C)(O)C2C(O)C(O)C(C)(C)C12O)C(C)(O)C3. The average Bonchev–Trinajstić information content (AvgIpc) is 2.88. The summed E-state index contributed by atoms with van der Waals surface area (Å²) in [6, 6.07) is 0. The lowest BCUT2D eigenvalue weighted by Crippen LogP contribution is -2.64. The minimum atomic E-state index is -2.10. The molecule has 11 atom stereocenters. The Morgan fingerprint density at radius 2 is 1.57 bits per heavy atom. The highest BCUT2D eigenvalue weighted by atomic mass is 16.6. The lowest BCUT2D eigenvalue weighted by Gasteiger charge is -2.50. The van der Waals surface area contributed by atoms with Crippen LogP contribution in [0.3, 0.4) is 0 Å². The van der Waals surface area contributed by atoms with Gasteiger partial charge >= 0.3 is 5.97 Å². The number of aliphatic hydroxyl groups excluding tert-OH is 3. The molecule has 4 rings (SSSR count). The van der Waals surface area contributed by atoms with Crippen molar-refractivity contribution >= 4 is 5.97 Å². The monoisotopic (exact) mass is 428 g/mol. The second-order valence-corrected chi connectivity index (χ2v) is 11.5. The number of esters is 1. The van der Waals surface area contributed by atoms with Gasteiger partial charge in [0.1, 0.15) is 5.60 Å². The summed E-state index contributed by atoms with van der Waals surface area (Å²) in [5.41, 5.74) is -7.26. The number of rotatable bonds is 1. The fourth-order valence-electron chi connectivity index (χ4n) is 8.13. The van der Waals surface area contributed by atoms with Crippen LogP contribution in [0.1, 0.15) is 60.3 Å². The predicted molar refractivity (Wildman–Crippen MR) is 105 cm³/mol. The van der Waals surface area contributed by atoms with Gasteiger partial charge in [-0.05, 0) is 51.4 Å². The topological polar surface area (TPSA) is 148 Å². The molecule has 0 aromatic heterocycles. The number of carbonyl (C=O) groups excluding carboxylic acids is 1. The fourth-order valence-corrected chi connectivity index (χ4v) is 8.13. The van der Waals surface area contributed by atoms with E-state index in [-0.39, 0.29) is 12.3 Å². The molecule has 6 N–H and O–H groups in total. The number of aliphatic hydroxyl groups is 6. The van der Waals surface area contributed by atoms with Crippen LogP contribution in [0.15, 0.2) is 0 Å². The molecular weight excluding hydrogens is 392 g/mol. The smallest absolute Gasteiger partial charge is 0.303 e. The lowest BCUT2D eigenvalue weighted by molar-refractivity contribution is -0.232. The second kappa shape index (κ2) is 6.17. The van der Waals surface area contributed by atoms with Crippen LogP contribution in [0, 0.1) is 28.6 Å². The van der Waals surface area contributed by atoms with Crippen LogP contribution in [0.2, 0.25) is 0 Å². The number of carbonyl (C=O) groups is 1. The fraction of sp³-hybridized carbons (Fsp3) is 0.955. The van der Waals surface area contributed by atoms with Gasteiger partial charge in [0.05, 0.1) is 29.5 Å². The van der Waals surface area contributed by atoms with Crippen LogP contribution in [-0.2, 0) is 9.53 Å². The normalized spacial score (nSPS) is 59.2. The lowest BCUT2D eigenvalue weighted by atomic mass is 9.58. The molecule has 0 saturated heterocycles. The molecule has 0 radical (unpaired) electrons. The molecule has 4 aliphatic carbocycles. The summed E-state index contributed by atoms with van der Waals surface area (Å²) in [6.45, 7) is 7.51. The van der Waals surface area contributed by atoms with Gasteiger partial charge in [-0.1, -0.05) is 13.8 Å². The van der Waals surface area contributed by atoms with E-state index >= 15 is 0 Å². The molecule has 0 aliphatic heterocycles. The van der Waals surface area contributed by atoms with E-state index in [9.17, 15) is 35.4 Å². The first-order valence-electron chi connectivity index (χ1n) is 10.9. The first-order valence-corrected chi connectivity index (χ1v) is 10.9. The molecule has 172 valence electrons. The van der Waals surface area contributed by atoms with Crippen LogP contribution < -0.4 is 0 Å². The molecule has 30 heavy (non-hydrogen) atoms. The molecule has 4 fully saturated rings. The summed E-state index contributed by atoms with van der Waals surface area (Å²) in [5, 5.41) is 68.6. The highest BCUT2D eigenvalue weighted by molar-refractivity contribution is 5.66. The molecule has 4 aliphatic rings. The van der Waals surface area contributed by atoms with Crippen LogP contribution >= 0.6 is 0 Å². The summed E-state index contributed by atoms with van der Waals surface area (Å²) in [5.74, 6) is -2.64.